The van der Waals surface area contributed by atoms with Gasteiger partial charge in [-0.3, -0.25) is 10.1 Å². The van der Waals surface area contributed by atoms with Gasteiger partial charge < -0.3 is 10.6 Å². The average molecular weight is 395 g/mol. The molecule has 3 rings (SSSR count). The van der Waals surface area contributed by atoms with E-state index in [1.165, 1.54) is 19.1 Å². The second kappa shape index (κ2) is 9.01. The van der Waals surface area contributed by atoms with Crippen molar-refractivity contribution in [2.75, 3.05) is 10.6 Å². The second-order valence-corrected chi connectivity index (χ2v) is 6.63. The van der Waals surface area contributed by atoms with Crippen molar-refractivity contribution in [2.45, 2.75) is 26.4 Å². The van der Waals surface area contributed by atoms with Crippen molar-refractivity contribution in [3.05, 3.63) is 77.7 Å². The molecular weight excluding hydrogens is 373 g/mol. The lowest BCUT2D eigenvalue weighted by Crippen LogP contribution is -2.32. The number of benzene rings is 2. The number of halogens is 1. The van der Waals surface area contributed by atoms with Crippen molar-refractivity contribution in [1.29, 1.82) is 0 Å². The van der Waals surface area contributed by atoms with E-state index in [0.717, 1.165) is 11.1 Å². The van der Waals surface area contributed by atoms with E-state index < -0.39 is 0 Å². The third-order valence-electron chi connectivity index (χ3n) is 4.26. The lowest BCUT2D eigenvalue weighted by atomic mass is 10.1. The zero-order valence-corrected chi connectivity index (χ0v) is 16.1. The minimum Gasteiger partial charge on any atom is -0.331 e. The van der Waals surface area contributed by atoms with Gasteiger partial charge in [-0.05, 0) is 42.3 Å². The molecule has 0 bridgehead atoms. The van der Waals surface area contributed by atoms with Crippen LogP contribution in [0.1, 0.15) is 31.0 Å². The maximum atomic E-state index is 13.1. The molecule has 7 nitrogen and oxygen atoms in total. The standard InChI is InChI=1S/C21H22FN5O2/c1-14(17-4-3-5-19(12-17)25-15(2)28)24-21(29)26-20-10-11-23-27(20)13-16-6-8-18(22)9-7-16/h3-12,14H,13H2,1-2H3,(H,25,28)(H2,24,26,29)/t14-/m1/s1. The van der Waals surface area contributed by atoms with Crippen LogP contribution in [0.3, 0.4) is 0 Å². The molecule has 1 heterocycles. The lowest BCUT2D eigenvalue weighted by Gasteiger charge is -2.16. The van der Waals surface area contributed by atoms with E-state index in [2.05, 4.69) is 21.0 Å². The minimum absolute atomic E-state index is 0.157. The summed E-state index contributed by atoms with van der Waals surface area (Å²) in [5.74, 6) is 0.0597. The largest absolute Gasteiger partial charge is 0.331 e. The zero-order chi connectivity index (χ0) is 20.8. The number of anilines is 2. The molecule has 0 fully saturated rings. The highest BCUT2D eigenvalue weighted by atomic mass is 19.1. The average Bonchev–Trinajstić information content (AvgIpc) is 3.09. The van der Waals surface area contributed by atoms with Gasteiger partial charge in [0, 0.05) is 18.7 Å². The quantitative estimate of drug-likeness (QED) is 0.591. The first kappa shape index (κ1) is 20.1. The number of urea groups is 1. The Morgan fingerprint density at radius 2 is 1.86 bits per heavy atom. The monoisotopic (exact) mass is 395 g/mol. The van der Waals surface area contributed by atoms with Gasteiger partial charge in [-0.2, -0.15) is 5.10 Å². The molecule has 3 aromatic rings. The Hall–Kier alpha value is -3.68. The van der Waals surface area contributed by atoms with Crippen LogP contribution in [-0.4, -0.2) is 21.7 Å². The molecule has 3 amide bonds. The number of nitrogens with one attached hydrogen (secondary N) is 3. The first-order chi connectivity index (χ1) is 13.9. The van der Waals surface area contributed by atoms with Gasteiger partial charge in [-0.25, -0.2) is 13.9 Å². The van der Waals surface area contributed by atoms with Gasteiger partial charge in [0.15, 0.2) is 0 Å². The molecule has 0 radical (unpaired) electrons. The fourth-order valence-electron chi connectivity index (χ4n) is 2.85. The molecule has 150 valence electrons. The third-order valence-corrected chi connectivity index (χ3v) is 4.26. The summed E-state index contributed by atoms with van der Waals surface area (Å²) >= 11 is 0. The Morgan fingerprint density at radius 1 is 1.10 bits per heavy atom. The van der Waals surface area contributed by atoms with Crippen LogP contribution < -0.4 is 16.0 Å². The fourth-order valence-corrected chi connectivity index (χ4v) is 2.85. The number of carbonyl (C=O) groups is 2. The Kier molecular flexibility index (Phi) is 6.23. The number of aromatic nitrogens is 2. The normalized spacial score (nSPS) is 11.6. The van der Waals surface area contributed by atoms with Crippen LogP contribution in [0.5, 0.6) is 0 Å². The first-order valence-corrected chi connectivity index (χ1v) is 9.12. The first-order valence-electron chi connectivity index (χ1n) is 9.12. The summed E-state index contributed by atoms with van der Waals surface area (Å²) in [4.78, 5) is 23.6. The Labute approximate surface area is 167 Å². The van der Waals surface area contributed by atoms with Gasteiger partial charge in [0.1, 0.15) is 11.6 Å². The van der Waals surface area contributed by atoms with Gasteiger partial charge in [-0.1, -0.05) is 24.3 Å². The molecule has 0 saturated heterocycles. The van der Waals surface area contributed by atoms with Gasteiger partial charge in [0.05, 0.1) is 18.8 Å². The van der Waals surface area contributed by atoms with Crippen LogP contribution in [0, 0.1) is 5.82 Å². The SMILES string of the molecule is CC(=O)Nc1cccc([C@@H](C)NC(=O)Nc2ccnn2Cc2ccc(F)cc2)c1. The Bertz CT molecular complexity index is 1000. The van der Waals surface area contributed by atoms with E-state index in [9.17, 15) is 14.0 Å². The summed E-state index contributed by atoms with van der Waals surface area (Å²) in [6.07, 6.45) is 1.58. The molecule has 0 saturated carbocycles. The minimum atomic E-state index is -0.386. The summed E-state index contributed by atoms with van der Waals surface area (Å²) in [6.45, 7) is 3.69. The van der Waals surface area contributed by atoms with E-state index in [4.69, 9.17) is 0 Å². The summed E-state index contributed by atoms with van der Waals surface area (Å²) in [5, 5.41) is 12.6. The number of nitrogens with zero attached hydrogens (tertiary/aromatic N) is 2. The molecule has 3 N–H and O–H groups in total. The topological polar surface area (TPSA) is 88.1 Å². The van der Waals surface area contributed by atoms with Gasteiger partial charge in [0.2, 0.25) is 5.91 Å². The predicted molar refractivity (Wildman–Crippen MR) is 109 cm³/mol. The van der Waals surface area contributed by atoms with Crippen molar-refractivity contribution in [1.82, 2.24) is 15.1 Å². The molecule has 2 aromatic carbocycles. The number of carbonyl (C=O) groups excluding carboxylic acids is 2. The van der Waals surface area contributed by atoms with Crippen LogP contribution in [0.15, 0.2) is 60.8 Å². The van der Waals surface area contributed by atoms with E-state index in [-0.39, 0.29) is 23.8 Å². The molecule has 0 aliphatic heterocycles. The summed E-state index contributed by atoms with van der Waals surface area (Å²) in [6, 6.07) is 14.4. The van der Waals surface area contributed by atoms with Gasteiger partial charge >= 0.3 is 6.03 Å². The highest BCUT2D eigenvalue weighted by Crippen LogP contribution is 2.18. The van der Waals surface area contributed by atoms with Crippen LogP contribution >= 0.6 is 0 Å². The van der Waals surface area contributed by atoms with Crippen LogP contribution in [0.4, 0.5) is 20.7 Å². The molecule has 8 heteroatoms. The maximum absolute atomic E-state index is 13.1. The van der Waals surface area contributed by atoms with Crippen molar-refractivity contribution in [3.8, 4) is 0 Å². The van der Waals surface area contributed by atoms with E-state index >= 15 is 0 Å². The van der Waals surface area contributed by atoms with Crippen LogP contribution in [0.25, 0.3) is 0 Å². The molecule has 0 spiro atoms. The van der Waals surface area contributed by atoms with E-state index in [1.807, 2.05) is 25.1 Å². The molecule has 0 aliphatic rings. The highest BCUT2D eigenvalue weighted by molar-refractivity contribution is 5.89. The number of rotatable bonds is 6. The molecular formula is C21H22FN5O2. The smallest absolute Gasteiger partial charge is 0.320 e. The predicted octanol–water partition coefficient (Wildman–Crippen LogP) is 3.91. The molecule has 1 aromatic heterocycles. The van der Waals surface area contributed by atoms with Crippen molar-refractivity contribution >= 4 is 23.4 Å². The van der Waals surface area contributed by atoms with Gasteiger partial charge in [-0.15, -0.1) is 0 Å². The van der Waals surface area contributed by atoms with Crippen molar-refractivity contribution in [3.63, 3.8) is 0 Å². The maximum Gasteiger partial charge on any atom is 0.320 e. The number of hydrogen-bond acceptors (Lipinski definition) is 3. The van der Waals surface area contributed by atoms with Crippen LogP contribution in [-0.2, 0) is 11.3 Å². The molecule has 29 heavy (non-hydrogen) atoms. The number of amides is 3. The molecule has 0 aliphatic carbocycles. The number of hydrogen-bond donors (Lipinski definition) is 3. The summed E-state index contributed by atoms with van der Waals surface area (Å²) in [5.41, 5.74) is 2.38. The van der Waals surface area contributed by atoms with Crippen molar-refractivity contribution in [2.24, 2.45) is 0 Å². The Morgan fingerprint density at radius 3 is 2.59 bits per heavy atom. The Balaban J connectivity index is 1.62. The lowest BCUT2D eigenvalue weighted by molar-refractivity contribution is -0.114. The highest BCUT2D eigenvalue weighted by Gasteiger charge is 2.12. The van der Waals surface area contributed by atoms with E-state index in [1.54, 1.807) is 35.1 Å². The van der Waals surface area contributed by atoms with Crippen molar-refractivity contribution < 1.29 is 14.0 Å². The molecule has 0 unspecified atom stereocenters. The van der Waals surface area contributed by atoms with Crippen LogP contribution in [0.2, 0.25) is 0 Å². The van der Waals surface area contributed by atoms with E-state index in [0.29, 0.717) is 18.1 Å². The zero-order valence-electron chi connectivity index (χ0n) is 16.1. The molecule has 1 atom stereocenters. The second-order valence-electron chi connectivity index (χ2n) is 6.63. The van der Waals surface area contributed by atoms with Gasteiger partial charge in [0.25, 0.3) is 0 Å². The summed E-state index contributed by atoms with van der Waals surface area (Å²) in [7, 11) is 0. The fraction of sp³-hybridized carbons (Fsp3) is 0.190. The third kappa shape index (κ3) is 5.65. The summed E-state index contributed by atoms with van der Waals surface area (Å²) < 4.78 is 14.7.